The van der Waals surface area contributed by atoms with Crippen molar-refractivity contribution in [3.63, 3.8) is 0 Å². The zero-order chi connectivity index (χ0) is 13.6. The minimum atomic E-state index is 0.0329. The number of aliphatic hydroxyl groups is 1. The number of carbonyl (C=O) groups excluding carboxylic acids is 1. The van der Waals surface area contributed by atoms with Crippen LogP contribution in [0, 0.1) is 5.41 Å². The van der Waals surface area contributed by atoms with E-state index in [0.717, 1.165) is 32.2 Å². The van der Waals surface area contributed by atoms with E-state index in [1.54, 1.807) is 0 Å². The normalized spacial score (nSPS) is 23.4. The molecule has 1 amide bonds. The van der Waals surface area contributed by atoms with Crippen LogP contribution in [0.3, 0.4) is 0 Å². The SMILES string of the molecule is O=C(CNCC1(CO)CCCC1)NC1CCCCC1. The monoisotopic (exact) mass is 268 g/mol. The van der Waals surface area contributed by atoms with Crippen molar-refractivity contribution in [1.82, 2.24) is 10.6 Å². The average Bonchev–Trinajstić information content (AvgIpc) is 2.89. The van der Waals surface area contributed by atoms with Gasteiger partial charge in [0.15, 0.2) is 0 Å². The van der Waals surface area contributed by atoms with Crippen LogP contribution in [0.1, 0.15) is 57.8 Å². The molecule has 0 aromatic rings. The Morgan fingerprint density at radius 3 is 2.42 bits per heavy atom. The fourth-order valence-corrected chi connectivity index (χ4v) is 3.48. The summed E-state index contributed by atoms with van der Waals surface area (Å²) in [6.07, 6.45) is 10.6. The second-order valence-electron chi connectivity index (χ2n) is 6.37. The molecule has 110 valence electrons. The Hall–Kier alpha value is -0.610. The maximum atomic E-state index is 11.8. The van der Waals surface area contributed by atoms with Crippen LogP contribution in [0.25, 0.3) is 0 Å². The molecule has 2 fully saturated rings. The molecule has 2 rings (SSSR count). The summed E-state index contributed by atoms with van der Waals surface area (Å²) < 4.78 is 0. The molecule has 0 unspecified atom stereocenters. The van der Waals surface area contributed by atoms with Crippen molar-refractivity contribution in [2.24, 2.45) is 5.41 Å². The van der Waals surface area contributed by atoms with Gasteiger partial charge in [-0.1, -0.05) is 32.1 Å². The summed E-state index contributed by atoms with van der Waals surface area (Å²) in [6.45, 7) is 1.39. The quantitative estimate of drug-likeness (QED) is 0.685. The fourth-order valence-electron chi connectivity index (χ4n) is 3.48. The Kier molecular flexibility index (Phi) is 5.64. The highest BCUT2D eigenvalue weighted by Gasteiger charge is 2.32. The maximum Gasteiger partial charge on any atom is 0.234 e. The first kappa shape index (κ1) is 14.8. The second kappa shape index (κ2) is 7.25. The Morgan fingerprint density at radius 2 is 1.79 bits per heavy atom. The van der Waals surface area contributed by atoms with Crippen LogP contribution >= 0.6 is 0 Å². The molecule has 0 aliphatic heterocycles. The zero-order valence-corrected chi connectivity index (χ0v) is 11.9. The fraction of sp³-hybridized carbons (Fsp3) is 0.933. The van der Waals surface area contributed by atoms with Gasteiger partial charge in [-0.05, 0) is 25.7 Å². The van der Waals surface area contributed by atoms with Crippen molar-refractivity contribution in [2.75, 3.05) is 19.7 Å². The van der Waals surface area contributed by atoms with E-state index in [4.69, 9.17) is 0 Å². The van der Waals surface area contributed by atoms with E-state index in [1.165, 1.54) is 32.1 Å². The number of hydrogen-bond donors (Lipinski definition) is 3. The Balaban J connectivity index is 1.63. The number of hydrogen-bond acceptors (Lipinski definition) is 3. The van der Waals surface area contributed by atoms with Crippen LogP contribution < -0.4 is 10.6 Å². The van der Waals surface area contributed by atoms with Crippen molar-refractivity contribution in [3.05, 3.63) is 0 Å². The third-order valence-electron chi connectivity index (χ3n) is 4.76. The molecule has 4 nitrogen and oxygen atoms in total. The van der Waals surface area contributed by atoms with Crippen LogP contribution in [-0.4, -0.2) is 36.8 Å². The van der Waals surface area contributed by atoms with Gasteiger partial charge in [0, 0.05) is 24.6 Å². The molecule has 2 saturated carbocycles. The Morgan fingerprint density at radius 1 is 1.11 bits per heavy atom. The van der Waals surface area contributed by atoms with Gasteiger partial charge in [0.1, 0.15) is 0 Å². The molecule has 0 saturated heterocycles. The zero-order valence-electron chi connectivity index (χ0n) is 11.9. The van der Waals surface area contributed by atoms with E-state index in [1.807, 2.05) is 0 Å². The topological polar surface area (TPSA) is 61.4 Å². The molecule has 2 aliphatic carbocycles. The van der Waals surface area contributed by atoms with E-state index < -0.39 is 0 Å². The lowest BCUT2D eigenvalue weighted by Crippen LogP contribution is -2.44. The highest BCUT2D eigenvalue weighted by molar-refractivity contribution is 5.78. The van der Waals surface area contributed by atoms with Crippen LogP contribution in [0.4, 0.5) is 0 Å². The number of rotatable bonds is 6. The molecular weight excluding hydrogens is 240 g/mol. The summed E-state index contributed by atoms with van der Waals surface area (Å²) in [5.74, 6) is 0.109. The third-order valence-corrected chi connectivity index (χ3v) is 4.76. The minimum absolute atomic E-state index is 0.0329. The van der Waals surface area contributed by atoms with Gasteiger partial charge in [0.05, 0.1) is 6.54 Å². The molecule has 0 radical (unpaired) electrons. The number of carbonyl (C=O) groups is 1. The average molecular weight is 268 g/mol. The smallest absolute Gasteiger partial charge is 0.234 e. The first-order valence-electron chi connectivity index (χ1n) is 7.85. The molecule has 0 heterocycles. The van der Waals surface area contributed by atoms with Crippen LogP contribution in [0.2, 0.25) is 0 Å². The van der Waals surface area contributed by atoms with E-state index in [0.29, 0.717) is 12.6 Å². The van der Waals surface area contributed by atoms with Crippen LogP contribution in [-0.2, 0) is 4.79 Å². The molecule has 19 heavy (non-hydrogen) atoms. The molecule has 3 N–H and O–H groups in total. The van der Waals surface area contributed by atoms with Gasteiger partial charge < -0.3 is 15.7 Å². The lowest BCUT2D eigenvalue weighted by atomic mass is 9.87. The largest absolute Gasteiger partial charge is 0.396 e. The van der Waals surface area contributed by atoms with Crippen LogP contribution in [0.5, 0.6) is 0 Å². The Bertz CT molecular complexity index is 282. The van der Waals surface area contributed by atoms with Gasteiger partial charge in [0.25, 0.3) is 0 Å². The summed E-state index contributed by atoms with van der Waals surface area (Å²) in [5, 5.41) is 15.8. The summed E-state index contributed by atoms with van der Waals surface area (Å²) in [7, 11) is 0. The maximum absolute atomic E-state index is 11.8. The predicted molar refractivity (Wildman–Crippen MR) is 75.9 cm³/mol. The molecule has 0 atom stereocenters. The number of amides is 1. The summed E-state index contributed by atoms with van der Waals surface area (Å²) in [4.78, 5) is 11.8. The summed E-state index contributed by atoms with van der Waals surface area (Å²) in [6, 6.07) is 0.390. The molecular formula is C15H28N2O2. The van der Waals surface area contributed by atoms with E-state index in [2.05, 4.69) is 10.6 Å². The van der Waals surface area contributed by atoms with E-state index in [9.17, 15) is 9.90 Å². The van der Waals surface area contributed by atoms with Crippen LogP contribution in [0.15, 0.2) is 0 Å². The lowest BCUT2D eigenvalue weighted by Gasteiger charge is -2.27. The molecule has 4 heteroatoms. The first-order chi connectivity index (χ1) is 9.24. The minimum Gasteiger partial charge on any atom is -0.396 e. The second-order valence-corrected chi connectivity index (χ2v) is 6.37. The van der Waals surface area contributed by atoms with Gasteiger partial charge >= 0.3 is 0 Å². The van der Waals surface area contributed by atoms with Crippen molar-refractivity contribution >= 4 is 5.91 Å². The van der Waals surface area contributed by atoms with Gasteiger partial charge in [-0.25, -0.2) is 0 Å². The van der Waals surface area contributed by atoms with Gasteiger partial charge in [-0.15, -0.1) is 0 Å². The Labute approximate surface area is 116 Å². The number of nitrogens with one attached hydrogen (secondary N) is 2. The standard InChI is InChI=1S/C15H28N2O2/c18-12-15(8-4-5-9-15)11-16-10-14(19)17-13-6-2-1-3-7-13/h13,16,18H,1-12H2,(H,17,19). The molecule has 0 aromatic heterocycles. The van der Waals surface area contributed by atoms with E-state index in [-0.39, 0.29) is 17.9 Å². The van der Waals surface area contributed by atoms with Crippen molar-refractivity contribution in [1.29, 1.82) is 0 Å². The summed E-state index contributed by atoms with van der Waals surface area (Å²) >= 11 is 0. The summed E-state index contributed by atoms with van der Waals surface area (Å²) in [5.41, 5.74) is 0.0329. The molecule has 0 aromatic carbocycles. The molecule has 0 bridgehead atoms. The molecule has 2 aliphatic rings. The number of aliphatic hydroxyl groups excluding tert-OH is 1. The van der Waals surface area contributed by atoms with Crippen molar-refractivity contribution < 1.29 is 9.90 Å². The predicted octanol–water partition coefficient (Wildman–Crippen LogP) is 1.58. The third kappa shape index (κ3) is 4.46. The highest BCUT2D eigenvalue weighted by atomic mass is 16.3. The van der Waals surface area contributed by atoms with Crippen molar-refractivity contribution in [2.45, 2.75) is 63.8 Å². The first-order valence-corrected chi connectivity index (χ1v) is 7.85. The lowest BCUT2D eigenvalue weighted by molar-refractivity contribution is -0.121. The van der Waals surface area contributed by atoms with Gasteiger partial charge in [-0.3, -0.25) is 4.79 Å². The van der Waals surface area contributed by atoms with Crippen molar-refractivity contribution in [3.8, 4) is 0 Å². The highest BCUT2D eigenvalue weighted by Crippen LogP contribution is 2.36. The van der Waals surface area contributed by atoms with E-state index >= 15 is 0 Å². The van der Waals surface area contributed by atoms with Gasteiger partial charge in [0.2, 0.25) is 5.91 Å². The molecule has 0 spiro atoms. The van der Waals surface area contributed by atoms with Gasteiger partial charge in [-0.2, -0.15) is 0 Å².